The molecule has 0 bridgehead atoms. The molecular formula is C18H24N4O2S. The summed E-state index contributed by atoms with van der Waals surface area (Å²) < 4.78 is 7.72. The van der Waals surface area contributed by atoms with E-state index >= 15 is 0 Å². The van der Waals surface area contributed by atoms with Crippen LogP contribution in [0, 0.1) is 5.92 Å². The molecule has 2 aliphatic heterocycles. The van der Waals surface area contributed by atoms with Crippen LogP contribution in [0.3, 0.4) is 0 Å². The maximum atomic E-state index is 12.2. The van der Waals surface area contributed by atoms with E-state index in [1.807, 2.05) is 0 Å². The summed E-state index contributed by atoms with van der Waals surface area (Å²) in [6, 6.07) is 3.93. The molecule has 25 heavy (non-hydrogen) atoms. The first kappa shape index (κ1) is 16.8. The van der Waals surface area contributed by atoms with Gasteiger partial charge in [0.1, 0.15) is 5.69 Å². The second-order valence-corrected chi connectivity index (χ2v) is 7.84. The molecule has 1 unspecified atom stereocenters. The second-order valence-electron chi connectivity index (χ2n) is 7.06. The van der Waals surface area contributed by atoms with Crippen molar-refractivity contribution in [1.29, 1.82) is 0 Å². The van der Waals surface area contributed by atoms with Crippen molar-refractivity contribution in [2.45, 2.75) is 25.0 Å². The Labute approximate surface area is 151 Å². The highest BCUT2D eigenvalue weighted by molar-refractivity contribution is 7.07. The third-order valence-corrected chi connectivity index (χ3v) is 6.13. The largest absolute Gasteiger partial charge is 0.372 e. The number of nitrogens with zero attached hydrogens (tertiary/aromatic N) is 3. The van der Waals surface area contributed by atoms with Gasteiger partial charge >= 0.3 is 0 Å². The van der Waals surface area contributed by atoms with Crippen LogP contribution in [-0.2, 0) is 18.3 Å². The van der Waals surface area contributed by atoms with Crippen LogP contribution in [0.1, 0.15) is 28.9 Å². The summed E-state index contributed by atoms with van der Waals surface area (Å²) in [6.45, 7) is 4.54. The van der Waals surface area contributed by atoms with Crippen LogP contribution in [0.25, 0.3) is 0 Å². The van der Waals surface area contributed by atoms with Crippen molar-refractivity contribution in [1.82, 2.24) is 20.0 Å². The molecule has 134 valence electrons. The standard InChI is InChI=1S/C18H24N4O2S/c1-21-16(3-7-20-21)17(23)19-6-2-15-4-8-24-18(15)12-22(13-18)10-14-5-9-25-11-14/h3,5,7,9,11,15H,2,4,6,8,10,12-13H2,1H3,(H,19,23). The first-order valence-corrected chi connectivity index (χ1v) is 9.74. The second kappa shape index (κ2) is 6.90. The molecule has 1 amide bonds. The highest BCUT2D eigenvalue weighted by Crippen LogP contribution is 2.42. The molecule has 2 saturated heterocycles. The van der Waals surface area contributed by atoms with Gasteiger partial charge in [0.2, 0.25) is 0 Å². The highest BCUT2D eigenvalue weighted by Gasteiger charge is 2.52. The quantitative estimate of drug-likeness (QED) is 0.855. The van der Waals surface area contributed by atoms with E-state index < -0.39 is 0 Å². The number of aromatic nitrogens is 2. The van der Waals surface area contributed by atoms with Gasteiger partial charge in [-0.05, 0) is 47.2 Å². The third kappa shape index (κ3) is 3.36. The molecule has 4 rings (SSSR count). The van der Waals surface area contributed by atoms with Gasteiger partial charge in [0.25, 0.3) is 5.91 Å². The Bertz CT molecular complexity index is 721. The van der Waals surface area contributed by atoms with E-state index in [9.17, 15) is 4.79 Å². The molecule has 2 aromatic rings. The first-order valence-electron chi connectivity index (χ1n) is 8.80. The molecule has 0 radical (unpaired) electrons. The number of ether oxygens (including phenoxy) is 1. The molecule has 1 spiro atoms. The zero-order valence-corrected chi connectivity index (χ0v) is 15.3. The van der Waals surface area contributed by atoms with Crippen LogP contribution in [-0.4, -0.2) is 52.4 Å². The van der Waals surface area contributed by atoms with Crippen molar-refractivity contribution in [3.63, 3.8) is 0 Å². The molecule has 0 aliphatic carbocycles. The highest BCUT2D eigenvalue weighted by atomic mass is 32.1. The minimum absolute atomic E-state index is 0.00722. The lowest BCUT2D eigenvalue weighted by atomic mass is 9.79. The van der Waals surface area contributed by atoms with E-state index in [-0.39, 0.29) is 11.5 Å². The number of likely N-dealkylation sites (tertiary alicyclic amines) is 1. The summed E-state index contributed by atoms with van der Waals surface area (Å²) in [5, 5.41) is 11.4. The fourth-order valence-corrected chi connectivity index (χ4v) is 4.71. The van der Waals surface area contributed by atoms with Crippen molar-refractivity contribution in [2.24, 2.45) is 13.0 Å². The third-order valence-electron chi connectivity index (χ3n) is 5.40. The zero-order chi connectivity index (χ0) is 17.3. The number of carbonyl (C=O) groups is 1. The number of hydrogen-bond acceptors (Lipinski definition) is 5. The van der Waals surface area contributed by atoms with Crippen molar-refractivity contribution in [3.05, 3.63) is 40.3 Å². The number of nitrogens with one attached hydrogen (secondary N) is 1. The average molecular weight is 360 g/mol. The van der Waals surface area contributed by atoms with Gasteiger partial charge in [0.05, 0.1) is 5.60 Å². The van der Waals surface area contributed by atoms with Crippen LogP contribution in [0.2, 0.25) is 0 Å². The molecule has 2 aliphatic rings. The van der Waals surface area contributed by atoms with Crippen LogP contribution < -0.4 is 5.32 Å². The maximum absolute atomic E-state index is 12.2. The number of carbonyl (C=O) groups excluding carboxylic acids is 1. The van der Waals surface area contributed by atoms with E-state index in [1.54, 1.807) is 35.3 Å². The smallest absolute Gasteiger partial charge is 0.269 e. The van der Waals surface area contributed by atoms with E-state index in [0.717, 1.165) is 39.1 Å². The number of thiophene rings is 1. The summed E-state index contributed by atoms with van der Waals surface area (Å²) in [5.74, 6) is 0.471. The fraction of sp³-hybridized carbons (Fsp3) is 0.556. The minimum atomic E-state index is -0.0549. The molecule has 2 fully saturated rings. The molecule has 1 N–H and O–H groups in total. The Morgan fingerprint density at radius 1 is 1.48 bits per heavy atom. The summed E-state index contributed by atoms with van der Waals surface area (Å²) >= 11 is 1.75. The van der Waals surface area contributed by atoms with Crippen molar-refractivity contribution in [3.8, 4) is 0 Å². The molecule has 4 heterocycles. The molecule has 0 aromatic carbocycles. The van der Waals surface area contributed by atoms with Gasteiger partial charge in [0.15, 0.2) is 0 Å². The monoisotopic (exact) mass is 360 g/mol. The fourth-order valence-electron chi connectivity index (χ4n) is 4.05. The van der Waals surface area contributed by atoms with Gasteiger partial charge in [-0.15, -0.1) is 0 Å². The van der Waals surface area contributed by atoms with Gasteiger partial charge in [-0.3, -0.25) is 14.4 Å². The maximum Gasteiger partial charge on any atom is 0.269 e. The number of rotatable bonds is 6. The summed E-state index contributed by atoms with van der Waals surface area (Å²) in [7, 11) is 1.78. The molecule has 1 atom stereocenters. The lowest BCUT2D eigenvalue weighted by Gasteiger charge is -2.50. The molecular weight excluding hydrogens is 336 g/mol. The lowest BCUT2D eigenvalue weighted by molar-refractivity contribution is -0.136. The SMILES string of the molecule is Cn1nccc1C(=O)NCCC1CCOC12CN(Cc1ccsc1)C2. The van der Waals surface area contributed by atoms with Crippen LogP contribution in [0.4, 0.5) is 0 Å². The molecule has 0 saturated carbocycles. The topological polar surface area (TPSA) is 59.4 Å². The molecule has 6 nitrogen and oxygen atoms in total. The number of amides is 1. The van der Waals surface area contributed by atoms with Crippen molar-refractivity contribution < 1.29 is 9.53 Å². The number of aryl methyl sites for hydroxylation is 1. The van der Waals surface area contributed by atoms with Crippen molar-refractivity contribution >= 4 is 17.2 Å². The Morgan fingerprint density at radius 3 is 3.08 bits per heavy atom. The normalized spacial score (nSPS) is 22.2. The van der Waals surface area contributed by atoms with Gasteiger partial charge < -0.3 is 10.1 Å². The van der Waals surface area contributed by atoms with E-state index in [4.69, 9.17) is 4.74 Å². The molecule has 7 heteroatoms. The van der Waals surface area contributed by atoms with Gasteiger partial charge in [0, 0.05) is 46.0 Å². The predicted molar refractivity (Wildman–Crippen MR) is 96.5 cm³/mol. The Balaban J connectivity index is 1.25. The minimum Gasteiger partial charge on any atom is -0.372 e. The average Bonchev–Trinajstić information content (AvgIpc) is 3.28. The summed E-state index contributed by atoms with van der Waals surface area (Å²) in [4.78, 5) is 14.6. The molecule has 2 aromatic heterocycles. The van der Waals surface area contributed by atoms with Gasteiger partial charge in [-0.2, -0.15) is 16.4 Å². The van der Waals surface area contributed by atoms with E-state index in [0.29, 0.717) is 18.2 Å². The number of hydrogen-bond donors (Lipinski definition) is 1. The van der Waals surface area contributed by atoms with Gasteiger partial charge in [-0.1, -0.05) is 0 Å². The summed E-state index contributed by atoms with van der Waals surface area (Å²) in [6.07, 6.45) is 3.70. The van der Waals surface area contributed by atoms with Crippen LogP contribution >= 0.6 is 11.3 Å². The van der Waals surface area contributed by atoms with Crippen LogP contribution in [0.15, 0.2) is 29.1 Å². The Kier molecular flexibility index (Phi) is 4.62. The zero-order valence-electron chi connectivity index (χ0n) is 14.5. The van der Waals surface area contributed by atoms with Gasteiger partial charge in [-0.25, -0.2) is 0 Å². The van der Waals surface area contributed by atoms with E-state index in [2.05, 4.69) is 32.1 Å². The lowest BCUT2D eigenvalue weighted by Crippen LogP contribution is -2.64. The van der Waals surface area contributed by atoms with E-state index in [1.165, 1.54) is 5.56 Å². The van der Waals surface area contributed by atoms with Crippen molar-refractivity contribution in [2.75, 3.05) is 26.2 Å². The Morgan fingerprint density at radius 2 is 2.36 bits per heavy atom. The van der Waals surface area contributed by atoms with Crippen LogP contribution in [0.5, 0.6) is 0 Å². The Hall–Kier alpha value is -1.70. The summed E-state index contributed by atoms with van der Waals surface area (Å²) in [5.41, 5.74) is 1.99. The first-order chi connectivity index (χ1) is 12.2. The predicted octanol–water partition coefficient (Wildman–Crippen LogP) is 1.89.